The molecule has 12 heteroatoms. The first kappa shape index (κ1) is 27.5. The summed E-state index contributed by atoms with van der Waals surface area (Å²) in [5, 5.41) is -1.24. The van der Waals surface area contributed by atoms with Crippen molar-refractivity contribution in [2.24, 2.45) is 0 Å². The van der Waals surface area contributed by atoms with Gasteiger partial charge in [0.2, 0.25) is 0 Å². The van der Waals surface area contributed by atoms with E-state index in [0.29, 0.717) is 0 Å². The zero-order chi connectivity index (χ0) is 21.0. The van der Waals surface area contributed by atoms with E-state index in [1.165, 1.54) is 0 Å². The van der Waals surface area contributed by atoms with Crippen molar-refractivity contribution in [3.8, 4) is 0 Å². The van der Waals surface area contributed by atoms with Crippen LogP contribution in [-0.4, -0.2) is 51.2 Å². The van der Waals surface area contributed by atoms with Gasteiger partial charge in [-0.2, -0.15) is 0 Å². The molecule has 0 radical (unpaired) electrons. The van der Waals surface area contributed by atoms with E-state index in [2.05, 4.69) is 0 Å². The lowest BCUT2D eigenvalue weighted by Crippen LogP contribution is -2.19. The molecule has 0 unspecified atom stereocenters. The molecule has 0 heterocycles. The average Bonchev–Trinajstić information content (AvgIpc) is 2.56. The van der Waals surface area contributed by atoms with Crippen molar-refractivity contribution >= 4 is 22.8 Å². The third-order valence-electron chi connectivity index (χ3n) is 3.28. The average molecular weight is 452 g/mol. The minimum absolute atomic E-state index is 0.0839. The SMILES string of the molecule is CCOP(=O)(CCC(P(=O)(OCC)OCC)P(=O)(OCC)OCC)OCC. The van der Waals surface area contributed by atoms with Crippen LogP contribution in [0.5, 0.6) is 0 Å². The van der Waals surface area contributed by atoms with Crippen LogP contribution < -0.4 is 0 Å². The van der Waals surface area contributed by atoms with E-state index >= 15 is 0 Å². The molecule has 0 aliphatic heterocycles. The molecule has 0 spiro atoms. The first-order valence-corrected chi connectivity index (χ1v) is 14.3. The molecule has 0 atom stereocenters. The molecule has 0 fully saturated rings. The summed E-state index contributed by atoms with van der Waals surface area (Å²) in [5.74, 6) is 0. The molecule has 164 valence electrons. The molecule has 0 aromatic rings. The first-order chi connectivity index (χ1) is 12.7. The lowest BCUT2D eigenvalue weighted by molar-refractivity contribution is 0.193. The second kappa shape index (κ2) is 13.6. The molecule has 9 nitrogen and oxygen atoms in total. The van der Waals surface area contributed by atoms with Gasteiger partial charge >= 0.3 is 22.8 Å². The quantitative estimate of drug-likeness (QED) is 0.264. The van der Waals surface area contributed by atoms with Crippen LogP contribution in [0.25, 0.3) is 0 Å². The molecular formula is C15H35O9P3. The van der Waals surface area contributed by atoms with Gasteiger partial charge < -0.3 is 27.1 Å². The molecule has 0 saturated heterocycles. The van der Waals surface area contributed by atoms with Gasteiger partial charge in [0, 0.05) is 0 Å². The van der Waals surface area contributed by atoms with E-state index in [1.807, 2.05) is 0 Å². The van der Waals surface area contributed by atoms with Gasteiger partial charge in [-0.1, -0.05) is 0 Å². The van der Waals surface area contributed by atoms with E-state index in [-0.39, 0.29) is 52.2 Å². The minimum Gasteiger partial charge on any atom is -0.309 e. The van der Waals surface area contributed by atoms with Crippen molar-refractivity contribution in [2.45, 2.75) is 53.4 Å². The highest BCUT2D eigenvalue weighted by Gasteiger charge is 2.51. The fourth-order valence-corrected chi connectivity index (χ4v) is 9.92. The Kier molecular flexibility index (Phi) is 13.9. The molecule has 27 heavy (non-hydrogen) atoms. The Labute approximate surface area is 163 Å². The van der Waals surface area contributed by atoms with Gasteiger partial charge in [0.15, 0.2) is 5.40 Å². The summed E-state index contributed by atoms with van der Waals surface area (Å²) in [4.78, 5) is 0. The summed E-state index contributed by atoms with van der Waals surface area (Å²) in [6.45, 7) is 10.7. The van der Waals surface area contributed by atoms with Gasteiger partial charge in [0.1, 0.15) is 0 Å². The van der Waals surface area contributed by atoms with Crippen LogP contribution in [-0.2, 0) is 40.8 Å². The van der Waals surface area contributed by atoms with Crippen molar-refractivity contribution in [3.63, 3.8) is 0 Å². The predicted molar refractivity (Wildman–Crippen MR) is 106 cm³/mol. The Morgan fingerprint density at radius 1 is 0.556 bits per heavy atom. The number of hydrogen-bond donors (Lipinski definition) is 0. The number of hydrogen-bond acceptors (Lipinski definition) is 9. The molecule has 0 aliphatic rings. The second-order valence-electron chi connectivity index (χ2n) is 5.19. The Bertz CT molecular complexity index is 481. The predicted octanol–water partition coefficient (Wildman–Crippen LogP) is 5.50. The normalized spacial score (nSPS) is 13.4. The topological polar surface area (TPSA) is 107 Å². The highest BCUT2D eigenvalue weighted by molar-refractivity contribution is 7.72. The molecule has 0 N–H and O–H groups in total. The summed E-state index contributed by atoms with van der Waals surface area (Å²) < 4.78 is 71.7. The largest absolute Gasteiger partial charge is 0.345 e. The molecular weight excluding hydrogens is 417 g/mol. The Hall–Kier alpha value is 0.450. The van der Waals surface area contributed by atoms with Crippen molar-refractivity contribution < 1.29 is 40.8 Å². The van der Waals surface area contributed by atoms with Gasteiger partial charge in [0.05, 0.1) is 45.8 Å². The summed E-state index contributed by atoms with van der Waals surface area (Å²) in [6.07, 6.45) is -0.209. The Morgan fingerprint density at radius 2 is 0.852 bits per heavy atom. The van der Waals surface area contributed by atoms with Crippen molar-refractivity contribution in [1.29, 1.82) is 0 Å². The smallest absolute Gasteiger partial charge is 0.309 e. The van der Waals surface area contributed by atoms with Crippen molar-refractivity contribution in [3.05, 3.63) is 0 Å². The van der Waals surface area contributed by atoms with E-state index in [1.54, 1.807) is 41.5 Å². The van der Waals surface area contributed by atoms with Crippen LogP contribution in [0.4, 0.5) is 0 Å². The van der Waals surface area contributed by atoms with Gasteiger partial charge in [-0.05, 0) is 48.0 Å². The van der Waals surface area contributed by atoms with Crippen molar-refractivity contribution in [1.82, 2.24) is 0 Å². The van der Waals surface area contributed by atoms with Crippen LogP contribution in [0.2, 0.25) is 0 Å². The molecule has 0 saturated carbocycles. The third-order valence-corrected chi connectivity index (χ3v) is 11.5. The summed E-state index contributed by atoms with van der Waals surface area (Å²) >= 11 is 0. The zero-order valence-electron chi connectivity index (χ0n) is 17.3. The molecule has 0 aromatic heterocycles. The zero-order valence-corrected chi connectivity index (χ0v) is 19.9. The summed E-state index contributed by atoms with van der Waals surface area (Å²) in [5.41, 5.74) is 0. The highest BCUT2D eigenvalue weighted by atomic mass is 31.2. The first-order valence-electron chi connectivity index (χ1n) is 9.36. The minimum atomic E-state index is -3.88. The molecule has 0 rings (SSSR count). The summed E-state index contributed by atoms with van der Waals surface area (Å²) in [6, 6.07) is 0. The third kappa shape index (κ3) is 8.77. The van der Waals surface area contributed by atoms with Crippen molar-refractivity contribution in [2.75, 3.05) is 45.8 Å². The maximum Gasteiger partial charge on any atom is 0.345 e. The van der Waals surface area contributed by atoms with Crippen LogP contribution >= 0.6 is 22.8 Å². The van der Waals surface area contributed by atoms with E-state index in [4.69, 9.17) is 27.1 Å². The Morgan fingerprint density at radius 3 is 1.11 bits per heavy atom. The summed E-state index contributed by atoms with van der Waals surface area (Å²) in [7, 11) is -11.2. The lowest BCUT2D eigenvalue weighted by Gasteiger charge is -2.32. The monoisotopic (exact) mass is 452 g/mol. The molecule has 0 bridgehead atoms. The van der Waals surface area contributed by atoms with Gasteiger partial charge in [-0.25, -0.2) is 0 Å². The number of rotatable bonds is 17. The Balaban J connectivity index is 5.92. The van der Waals surface area contributed by atoms with E-state index < -0.39 is 28.2 Å². The van der Waals surface area contributed by atoms with Crippen LogP contribution in [0.15, 0.2) is 0 Å². The van der Waals surface area contributed by atoms with E-state index in [0.717, 1.165) is 0 Å². The van der Waals surface area contributed by atoms with Gasteiger partial charge in [0.25, 0.3) is 0 Å². The lowest BCUT2D eigenvalue weighted by atomic mass is 10.6. The van der Waals surface area contributed by atoms with Gasteiger partial charge in [-0.3, -0.25) is 13.7 Å². The molecule has 0 aliphatic carbocycles. The molecule has 0 amide bonds. The standard InChI is InChI=1S/C15H35O9P3/c1-7-19-25(16,20-8-2)14-13-15(26(17,21-9-3)22-10-4)27(18,23-11-5)24-12-6/h15H,7-14H2,1-6H3. The molecule has 0 aromatic carbocycles. The van der Waals surface area contributed by atoms with Gasteiger partial charge in [-0.15, -0.1) is 0 Å². The fraction of sp³-hybridized carbons (Fsp3) is 1.00. The highest BCUT2D eigenvalue weighted by Crippen LogP contribution is 2.72. The van der Waals surface area contributed by atoms with Crippen LogP contribution in [0.3, 0.4) is 0 Å². The van der Waals surface area contributed by atoms with E-state index in [9.17, 15) is 13.7 Å². The second-order valence-corrected chi connectivity index (χ2v) is 12.2. The fourth-order valence-electron chi connectivity index (χ4n) is 2.46. The maximum absolute atomic E-state index is 13.4. The van der Waals surface area contributed by atoms with Crippen LogP contribution in [0.1, 0.15) is 48.0 Å². The van der Waals surface area contributed by atoms with Crippen LogP contribution in [0, 0.1) is 0 Å². The maximum atomic E-state index is 13.4.